The van der Waals surface area contributed by atoms with Gasteiger partial charge in [0, 0.05) is 37.6 Å². The van der Waals surface area contributed by atoms with Gasteiger partial charge in [0.2, 0.25) is 0 Å². The highest BCUT2D eigenvalue weighted by Crippen LogP contribution is 2.18. The van der Waals surface area contributed by atoms with Crippen LogP contribution >= 0.6 is 0 Å². The Balaban J connectivity index is 2.18. The number of aryl methyl sites for hydroxylation is 1. The second kappa shape index (κ2) is 4.07. The minimum absolute atomic E-state index is 0.447. The molecule has 76 valence electrons. The van der Waals surface area contributed by atoms with Crippen molar-refractivity contribution in [3.63, 3.8) is 0 Å². The van der Waals surface area contributed by atoms with E-state index in [1.165, 1.54) is 5.56 Å². The molecule has 0 amide bonds. The van der Waals surface area contributed by atoms with Crippen molar-refractivity contribution in [2.45, 2.75) is 13.0 Å². The van der Waals surface area contributed by atoms with Crippen molar-refractivity contribution in [1.29, 1.82) is 0 Å². The van der Waals surface area contributed by atoms with E-state index in [4.69, 9.17) is 0 Å². The molecule has 14 heavy (non-hydrogen) atoms. The molecule has 1 aromatic heterocycles. The molecule has 1 aliphatic heterocycles. The van der Waals surface area contributed by atoms with E-state index in [1.807, 2.05) is 12.3 Å². The van der Waals surface area contributed by atoms with Crippen LogP contribution in [0.5, 0.6) is 0 Å². The number of hydrogen-bond donors (Lipinski definition) is 1. The molecule has 2 heterocycles. The van der Waals surface area contributed by atoms with E-state index < -0.39 is 0 Å². The molecule has 3 heteroatoms. The molecule has 0 bridgehead atoms. The number of pyridine rings is 1. The fourth-order valence-electron chi connectivity index (χ4n) is 1.97. The number of rotatable bonds is 1. The summed E-state index contributed by atoms with van der Waals surface area (Å²) in [6, 6.07) is 4.63. The van der Waals surface area contributed by atoms with Crippen LogP contribution in [-0.2, 0) is 0 Å². The van der Waals surface area contributed by atoms with E-state index >= 15 is 0 Å². The molecular weight excluding hydrogens is 174 g/mol. The Kier molecular flexibility index (Phi) is 2.79. The minimum Gasteiger partial charge on any atom is -0.308 e. The van der Waals surface area contributed by atoms with Crippen LogP contribution in [-0.4, -0.2) is 36.6 Å². The average Bonchev–Trinajstić information content (AvgIpc) is 2.18. The third-order valence-electron chi connectivity index (χ3n) is 2.80. The van der Waals surface area contributed by atoms with Gasteiger partial charge in [-0.2, -0.15) is 0 Å². The van der Waals surface area contributed by atoms with Crippen molar-refractivity contribution in [2.24, 2.45) is 0 Å². The fraction of sp³-hybridized carbons (Fsp3) is 0.545. The lowest BCUT2D eigenvalue weighted by Gasteiger charge is -2.31. The Hall–Kier alpha value is -0.930. The van der Waals surface area contributed by atoms with Crippen molar-refractivity contribution in [3.8, 4) is 0 Å². The maximum atomic E-state index is 4.32. The van der Waals surface area contributed by atoms with Crippen molar-refractivity contribution < 1.29 is 0 Å². The van der Waals surface area contributed by atoms with Crippen LogP contribution in [0.25, 0.3) is 0 Å². The summed E-state index contributed by atoms with van der Waals surface area (Å²) in [6.07, 6.45) is 1.85. The molecule has 1 aromatic rings. The van der Waals surface area contributed by atoms with Gasteiger partial charge in [-0.05, 0) is 25.6 Å². The third kappa shape index (κ3) is 1.94. The van der Waals surface area contributed by atoms with Crippen LogP contribution in [0.1, 0.15) is 17.3 Å². The first-order valence-electron chi connectivity index (χ1n) is 5.11. The zero-order valence-electron chi connectivity index (χ0n) is 8.83. The van der Waals surface area contributed by atoms with Gasteiger partial charge in [-0.1, -0.05) is 6.07 Å². The first-order chi connectivity index (χ1) is 6.77. The van der Waals surface area contributed by atoms with Crippen molar-refractivity contribution in [3.05, 3.63) is 29.6 Å². The van der Waals surface area contributed by atoms with E-state index in [1.54, 1.807) is 0 Å². The predicted octanol–water partition coefficient (Wildman–Crippen LogP) is 0.966. The molecule has 1 fully saturated rings. The quantitative estimate of drug-likeness (QED) is 0.717. The normalized spacial score (nSPS) is 23.7. The molecule has 0 spiro atoms. The summed E-state index contributed by atoms with van der Waals surface area (Å²) in [5.41, 5.74) is 2.47. The van der Waals surface area contributed by atoms with Crippen LogP contribution in [0, 0.1) is 6.92 Å². The predicted molar refractivity (Wildman–Crippen MR) is 57.2 cm³/mol. The van der Waals surface area contributed by atoms with Gasteiger partial charge in [-0.15, -0.1) is 0 Å². The summed E-state index contributed by atoms with van der Waals surface area (Å²) < 4.78 is 0. The Labute approximate surface area is 85.1 Å². The number of likely N-dealkylation sites (N-methyl/N-ethyl adjacent to an activating group) is 1. The highest BCUT2D eigenvalue weighted by Gasteiger charge is 2.19. The van der Waals surface area contributed by atoms with Gasteiger partial charge in [0.05, 0.1) is 0 Å². The number of aromatic nitrogens is 1. The van der Waals surface area contributed by atoms with Crippen LogP contribution in [0.4, 0.5) is 0 Å². The number of hydrogen-bond acceptors (Lipinski definition) is 3. The van der Waals surface area contributed by atoms with Crippen LogP contribution in [0.2, 0.25) is 0 Å². The summed E-state index contributed by atoms with van der Waals surface area (Å²) in [4.78, 5) is 6.68. The molecule has 2 rings (SSSR count). The average molecular weight is 191 g/mol. The maximum absolute atomic E-state index is 4.32. The monoisotopic (exact) mass is 191 g/mol. The largest absolute Gasteiger partial charge is 0.308 e. The Morgan fingerprint density at radius 1 is 1.57 bits per heavy atom. The Morgan fingerprint density at radius 2 is 2.43 bits per heavy atom. The summed E-state index contributed by atoms with van der Waals surface area (Å²) in [5.74, 6) is 0. The van der Waals surface area contributed by atoms with Gasteiger partial charge >= 0.3 is 0 Å². The Bertz CT molecular complexity index is 311. The first-order valence-corrected chi connectivity index (χ1v) is 5.11. The molecule has 3 nitrogen and oxygen atoms in total. The van der Waals surface area contributed by atoms with Gasteiger partial charge in [0.15, 0.2) is 0 Å². The van der Waals surface area contributed by atoms with E-state index in [-0.39, 0.29) is 0 Å². The second-order valence-corrected chi connectivity index (χ2v) is 3.95. The molecule has 0 aromatic carbocycles. The maximum Gasteiger partial charge on any atom is 0.0467 e. The zero-order chi connectivity index (χ0) is 9.97. The molecule has 1 atom stereocenters. The topological polar surface area (TPSA) is 28.2 Å². The lowest BCUT2D eigenvalue weighted by atomic mass is 10.0. The Morgan fingerprint density at radius 3 is 3.14 bits per heavy atom. The van der Waals surface area contributed by atoms with Crippen LogP contribution in [0.15, 0.2) is 18.3 Å². The van der Waals surface area contributed by atoms with Gasteiger partial charge in [-0.3, -0.25) is 4.98 Å². The molecule has 1 N–H and O–H groups in total. The van der Waals surface area contributed by atoms with E-state index in [0.717, 1.165) is 25.3 Å². The van der Waals surface area contributed by atoms with Gasteiger partial charge in [-0.25, -0.2) is 0 Å². The summed E-state index contributed by atoms with van der Waals surface area (Å²) in [6.45, 7) is 5.35. The zero-order valence-corrected chi connectivity index (χ0v) is 8.83. The molecule has 0 saturated carbocycles. The van der Waals surface area contributed by atoms with Gasteiger partial charge in [0.1, 0.15) is 0 Å². The SMILES string of the molecule is Cc1ncccc1C1CN(C)CCN1. The molecule has 0 radical (unpaired) electrons. The lowest BCUT2D eigenvalue weighted by molar-refractivity contribution is 0.240. The van der Waals surface area contributed by atoms with E-state index in [9.17, 15) is 0 Å². The molecule has 1 aliphatic rings. The molecule has 0 aliphatic carbocycles. The van der Waals surface area contributed by atoms with Crippen molar-refractivity contribution >= 4 is 0 Å². The molecular formula is C11H17N3. The van der Waals surface area contributed by atoms with Gasteiger partial charge in [0.25, 0.3) is 0 Å². The molecule has 1 saturated heterocycles. The summed E-state index contributed by atoms with van der Waals surface area (Å²) in [7, 11) is 2.17. The fourth-order valence-corrected chi connectivity index (χ4v) is 1.97. The van der Waals surface area contributed by atoms with Gasteiger partial charge < -0.3 is 10.2 Å². The standard InChI is InChI=1S/C11H17N3/c1-9-10(4-3-5-12-9)11-8-14(2)7-6-13-11/h3-5,11,13H,6-8H2,1-2H3. The summed E-state index contributed by atoms with van der Waals surface area (Å²) >= 11 is 0. The van der Waals surface area contributed by atoms with Crippen LogP contribution < -0.4 is 5.32 Å². The second-order valence-electron chi connectivity index (χ2n) is 3.95. The third-order valence-corrected chi connectivity index (χ3v) is 2.80. The van der Waals surface area contributed by atoms with E-state index in [2.05, 4.69) is 35.2 Å². The number of nitrogens with one attached hydrogen (secondary N) is 1. The number of piperazine rings is 1. The first kappa shape index (κ1) is 9.62. The smallest absolute Gasteiger partial charge is 0.0467 e. The lowest BCUT2D eigenvalue weighted by Crippen LogP contribution is -2.43. The molecule has 1 unspecified atom stereocenters. The highest BCUT2D eigenvalue weighted by atomic mass is 15.2. The highest BCUT2D eigenvalue weighted by molar-refractivity contribution is 5.23. The number of nitrogens with zero attached hydrogens (tertiary/aromatic N) is 2. The minimum atomic E-state index is 0.447. The van der Waals surface area contributed by atoms with Crippen molar-refractivity contribution in [1.82, 2.24) is 15.2 Å². The van der Waals surface area contributed by atoms with Crippen LogP contribution in [0.3, 0.4) is 0 Å². The summed E-state index contributed by atoms with van der Waals surface area (Å²) in [5, 5.41) is 3.52. The van der Waals surface area contributed by atoms with E-state index in [0.29, 0.717) is 6.04 Å². The van der Waals surface area contributed by atoms with Crippen molar-refractivity contribution in [2.75, 3.05) is 26.7 Å².